The molecule has 5 rings (SSSR count). The Morgan fingerprint density at radius 3 is 2.58 bits per heavy atom. The van der Waals surface area contributed by atoms with Crippen LogP contribution < -0.4 is 5.32 Å². The average molecular weight is 446 g/mol. The maximum absolute atomic E-state index is 14.6. The number of hydrogen-bond donors (Lipinski definition) is 1. The number of imidazole rings is 1. The molecule has 5 aromatic rings. The first kappa shape index (κ1) is 20.4. The van der Waals surface area contributed by atoms with Crippen LogP contribution in [0.2, 0.25) is 0 Å². The molecule has 0 saturated heterocycles. The van der Waals surface area contributed by atoms with Crippen molar-refractivity contribution in [2.24, 2.45) is 0 Å². The van der Waals surface area contributed by atoms with Gasteiger partial charge in [-0.25, -0.2) is 23.7 Å². The standard InChI is InChI=1S/C23H16F2N6O2/c1-12-21(33-13(2)28-12)22(32)29-16-4-5-18(25)17(7-16)20-11-31-10-14(8-27-23(31)30-20)19-6-3-15(24)9-26-19/h3-11H,1-2H3,(H,29,32). The van der Waals surface area contributed by atoms with E-state index in [-0.39, 0.29) is 11.3 Å². The number of nitrogens with zero attached hydrogens (tertiary/aromatic N) is 5. The number of hydrogen-bond acceptors (Lipinski definition) is 6. The largest absolute Gasteiger partial charge is 0.436 e. The minimum Gasteiger partial charge on any atom is -0.436 e. The molecule has 164 valence electrons. The molecule has 0 unspecified atom stereocenters. The molecule has 10 heteroatoms. The number of oxazole rings is 1. The average Bonchev–Trinajstić information content (AvgIpc) is 3.37. The highest BCUT2D eigenvalue weighted by molar-refractivity contribution is 6.03. The molecule has 8 nitrogen and oxygen atoms in total. The van der Waals surface area contributed by atoms with E-state index in [2.05, 4.69) is 25.3 Å². The van der Waals surface area contributed by atoms with Crippen LogP contribution >= 0.6 is 0 Å². The lowest BCUT2D eigenvalue weighted by Crippen LogP contribution is -2.12. The van der Waals surface area contributed by atoms with Crippen molar-refractivity contribution < 1.29 is 18.0 Å². The highest BCUT2D eigenvalue weighted by atomic mass is 19.1. The number of benzene rings is 1. The van der Waals surface area contributed by atoms with E-state index >= 15 is 0 Å². The summed E-state index contributed by atoms with van der Waals surface area (Å²) in [6.07, 6.45) is 6.01. The Bertz CT molecular complexity index is 1510. The number of rotatable bonds is 4. The lowest BCUT2D eigenvalue weighted by atomic mass is 10.1. The maximum Gasteiger partial charge on any atom is 0.293 e. The molecule has 0 aliphatic rings. The summed E-state index contributed by atoms with van der Waals surface area (Å²) in [6, 6.07) is 7.02. The zero-order valence-corrected chi connectivity index (χ0v) is 17.5. The number of halogens is 2. The van der Waals surface area contributed by atoms with Gasteiger partial charge in [0.15, 0.2) is 5.89 Å². The summed E-state index contributed by atoms with van der Waals surface area (Å²) in [6.45, 7) is 3.32. The number of fused-ring (bicyclic) bond motifs is 1. The van der Waals surface area contributed by atoms with Crippen molar-refractivity contribution in [1.82, 2.24) is 24.3 Å². The van der Waals surface area contributed by atoms with E-state index in [1.807, 2.05) is 0 Å². The predicted octanol–water partition coefficient (Wildman–Crippen LogP) is 4.59. The van der Waals surface area contributed by atoms with E-state index in [0.29, 0.717) is 40.0 Å². The lowest BCUT2D eigenvalue weighted by molar-refractivity contribution is 0.0994. The van der Waals surface area contributed by atoms with Crippen LogP contribution in [0.5, 0.6) is 0 Å². The van der Waals surface area contributed by atoms with E-state index in [1.54, 1.807) is 42.9 Å². The zero-order valence-electron chi connectivity index (χ0n) is 17.5. The molecule has 1 N–H and O–H groups in total. The van der Waals surface area contributed by atoms with E-state index in [9.17, 15) is 13.6 Å². The Morgan fingerprint density at radius 1 is 1.00 bits per heavy atom. The van der Waals surface area contributed by atoms with E-state index in [1.165, 1.54) is 24.3 Å². The van der Waals surface area contributed by atoms with Crippen LogP contribution in [0.25, 0.3) is 28.3 Å². The summed E-state index contributed by atoms with van der Waals surface area (Å²) in [4.78, 5) is 29.3. The molecule has 0 atom stereocenters. The number of pyridine rings is 1. The van der Waals surface area contributed by atoms with Crippen molar-refractivity contribution in [1.29, 1.82) is 0 Å². The van der Waals surface area contributed by atoms with Crippen molar-refractivity contribution >= 4 is 17.4 Å². The summed E-state index contributed by atoms with van der Waals surface area (Å²) in [7, 11) is 0. The topological polar surface area (TPSA) is 98.2 Å². The molecule has 0 saturated carbocycles. The van der Waals surface area contributed by atoms with Crippen molar-refractivity contribution in [3.8, 4) is 22.5 Å². The first-order valence-corrected chi connectivity index (χ1v) is 9.89. The van der Waals surface area contributed by atoms with Crippen molar-refractivity contribution in [3.63, 3.8) is 0 Å². The summed E-state index contributed by atoms with van der Waals surface area (Å²) < 4.78 is 34.7. The lowest BCUT2D eigenvalue weighted by Gasteiger charge is -2.06. The quantitative estimate of drug-likeness (QED) is 0.434. The van der Waals surface area contributed by atoms with Gasteiger partial charge in [0.05, 0.1) is 23.3 Å². The molecule has 0 aliphatic heterocycles. The molecular formula is C23H16F2N6O2. The van der Waals surface area contributed by atoms with Gasteiger partial charge in [-0.2, -0.15) is 0 Å². The van der Waals surface area contributed by atoms with Gasteiger partial charge in [-0.3, -0.25) is 14.2 Å². The Balaban J connectivity index is 1.47. The Morgan fingerprint density at radius 2 is 1.85 bits per heavy atom. The van der Waals surface area contributed by atoms with Crippen LogP contribution in [0, 0.1) is 25.5 Å². The zero-order chi connectivity index (χ0) is 23.1. The van der Waals surface area contributed by atoms with E-state index in [0.717, 1.165) is 6.20 Å². The van der Waals surface area contributed by atoms with Gasteiger partial charge >= 0.3 is 0 Å². The number of carbonyl (C=O) groups is 1. The van der Waals surface area contributed by atoms with Gasteiger partial charge in [-0.1, -0.05) is 0 Å². The van der Waals surface area contributed by atoms with Crippen LogP contribution in [0.3, 0.4) is 0 Å². The third-order valence-electron chi connectivity index (χ3n) is 4.94. The fourth-order valence-corrected chi connectivity index (χ4v) is 3.42. The van der Waals surface area contributed by atoms with Crippen molar-refractivity contribution in [3.05, 3.63) is 84.1 Å². The van der Waals surface area contributed by atoms with Crippen molar-refractivity contribution in [2.45, 2.75) is 13.8 Å². The highest BCUT2D eigenvalue weighted by Crippen LogP contribution is 2.27. The van der Waals surface area contributed by atoms with Gasteiger partial charge < -0.3 is 9.73 Å². The minimum absolute atomic E-state index is 0.0947. The molecule has 0 radical (unpaired) electrons. The van der Waals surface area contributed by atoms with Gasteiger partial charge in [-0.05, 0) is 37.3 Å². The summed E-state index contributed by atoms with van der Waals surface area (Å²) in [5.74, 6) is -0.615. The predicted molar refractivity (Wildman–Crippen MR) is 116 cm³/mol. The maximum atomic E-state index is 14.6. The smallest absolute Gasteiger partial charge is 0.293 e. The third kappa shape index (κ3) is 3.93. The second-order valence-electron chi connectivity index (χ2n) is 7.33. The fourth-order valence-electron chi connectivity index (χ4n) is 3.42. The Kier molecular flexibility index (Phi) is 4.89. The van der Waals surface area contributed by atoms with E-state index in [4.69, 9.17) is 4.42 Å². The normalized spacial score (nSPS) is 11.2. The van der Waals surface area contributed by atoms with Crippen molar-refractivity contribution in [2.75, 3.05) is 5.32 Å². The molecule has 1 aromatic carbocycles. The number of anilines is 1. The molecule has 0 fully saturated rings. The molecule has 0 bridgehead atoms. The number of amides is 1. The number of aromatic nitrogens is 5. The van der Waals surface area contributed by atoms with Gasteiger partial charge in [0.25, 0.3) is 5.91 Å². The first-order valence-electron chi connectivity index (χ1n) is 9.89. The first-order chi connectivity index (χ1) is 15.9. The van der Waals surface area contributed by atoms with Crippen LogP contribution in [-0.2, 0) is 0 Å². The number of aryl methyl sites for hydroxylation is 2. The number of carbonyl (C=O) groups excluding carboxylic acids is 1. The highest BCUT2D eigenvalue weighted by Gasteiger charge is 2.18. The van der Waals surface area contributed by atoms with Crippen LogP contribution in [0.1, 0.15) is 22.1 Å². The van der Waals surface area contributed by atoms with Gasteiger partial charge in [0, 0.05) is 42.3 Å². The number of nitrogens with one attached hydrogen (secondary N) is 1. The van der Waals surface area contributed by atoms with Gasteiger partial charge in [0.1, 0.15) is 11.6 Å². The monoisotopic (exact) mass is 446 g/mol. The Hall–Kier alpha value is -4.47. The molecule has 1 amide bonds. The van der Waals surface area contributed by atoms with E-state index < -0.39 is 17.5 Å². The molecule has 0 aliphatic carbocycles. The summed E-state index contributed by atoms with van der Waals surface area (Å²) in [5, 5.41) is 2.69. The van der Waals surface area contributed by atoms with Crippen LogP contribution in [-0.4, -0.2) is 30.2 Å². The summed E-state index contributed by atoms with van der Waals surface area (Å²) >= 11 is 0. The SMILES string of the molecule is Cc1nc(C)c(C(=O)Nc2ccc(F)c(-c3cn4cc(-c5ccc(F)cn5)cnc4n3)c2)o1. The van der Waals surface area contributed by atoms with Gasteiger partial charge in [-0.15, -0.1) is 0 Å². The second kappa shape index (κ2) is 7.90. The molecule has 0 spiro atoms. The molecule has 4 aromatic heterocycles. The molecular weight excluding hydrogens is 430 g/mol. The fraction of sp³-hybridized carbons (Fsp3) is 0.0870. The summed E-state index contributed by atoms with van der Waals surface area (Å²) in [5.41, 5.74) is 2.52. The minimum atomic E-state index is -0.511. The van der Waals surface area contributed by atoms with Crippen LogP contribution in [0.4, 0.5) is 14.5 Å². The molecule has 4 heterocycles. The van der Waals surface area contributed by atoms with Gasteiger partial charge in [0.2, 0.25) is 11.5 Å². The Labute approximate surface area is 186 Å². The molecule has 33 heavy (non-hydrogen) atoms. The third-order valence-corrected chi connectivity index (χ3v) is 4.94. The second-order valence-corrected chi connectivity index (χ2v) is 7.33. The van der Waals surface area contributed by atoms with Crippen LogP contribution in [0.15, 0.2) is 59.5 Å².